The number of anilines is 1. The van der Waals surface area contributed by atoms with E-state index in [9.17, 15) is 0 Å². The predicted octanol–water partition coefficient (Wildman–Crippen LogP) is 5.31. The molecule has 1 fully saturated rings. The molecule has 0 saturated heterocycles. The quantitative estimate of drug-likeness (QED) is 0.526. The van der Waals surface area contributed by atoms with E-state index < -0.39 is 0 Å². The number of aromatic nitrogens is 4. The summed E-state index contributed by atoms with van der Waals surface area (Å²) < 4.78 is 3.18. The summed E-state index contributed by atoms with van der Waals surface area (Å²) in [5, 5.41) is 8.48. The largest absolute Gasteiger partial charge is 0.366 e. The molecule has 0 aliphatic heterocycles. The van der Waals surface area contributed by atoms with Crippen LogP contribution in [-0.4, -0.2) is 25.6 Å². The molecule has 5 rings (SSSR count). The average molecular weight is 378 g/mol. The molecule has 6 heteroatoms. The van der Waals surface area contributed by atoms with E-state index in [0.29, 0.717) is 6.04 Å². The van der Waals surface area contributed by atoms with Crippen molar-refractivity contribution in [3.05, 3.63) is 42.2 Å². The number of nitrogens with one attached hydrogen (secondary N) is 1. The second-order valence-electron chi connectivity index (χ2n) is 7.69. The molecule has 138 valence electrons. The van der Waals surface area contributed by atoms with Gasteiger partial charge >= 0.3 is 0 Å². The number of pyridine rings is 1. The fraction of sp³-hybridized carbons (Fsp3) is 0.381. The Morgan fingerprint density at radius 3 is 2.78 bits per heavy atom. The number of aryl methyl sites for hydroxylation is 1. The van der Waals surface area contributed by atoms with Crippen LogP contribution >= 0.6 is 11.3 Å². The van der Waals surface area contributed by atoms with E-state index in [1.54, 1.807) is 11.3 Å². The van der Waals surface area contributed by atoms with Crippen molar-refractivity contribution in [3.63, 3.8) is 0 Å². The Kier molecular flexibility index (Phi) is 4.08. The lowest BCUT2D eigenvalue weighted by Crippen LogP contribution is -2.25. The minimum absolute atomic E-state index is 0.522. The maximum Gasteiger partial charge on any atom is 0.154 e. The monoisotopic (exact) mass is 377 g/mol. The third kappa shape index (κ3) is 3.08. The number of thiophene rings is 1. The zero-order valence-corrected chi connectivity index (χ0v) is 16.5. The van der Waals surface area contributed by atoms with Crippen molar-refractivity contribution in [2.45, 2.75) is 45.6 Å². The number of nitrogens with zero attached hydrogens (tertiary/aromatic N) is 4. The number of hydrogen-bond donors (Lipinski definition) is 1. The van der Waals surface area contributed by atoms with Crippen molar-refractivity contribution in [2.75, 3.05) is 5.32 Å². The summed E-state index contributed by atoms with van der Waals surface area (Å²) in [6, 6.07) is 8.81. The van der Waals surface area contributed by atoms with Crippen LogP contribution in [0.4, 0.5) is 5.82 Å². The van der Waals surface area contributed by atoms with E-state index in [-0.39, 0.29) is 0 Å². The molecule has 4 aromatic rings. The second kappa shape index (κ2) is 6.60. The Balaban J connectivity index is 1.50. The third-order valence-corrected chi connectivity index (χ3v) is 6.87. The van der Waals surface area contributed by atoms with Crippen molar-refractivity contribution in [2.24, 2.45) is 5.92 Å². The normalized spacial score (nSPS) is 20.4. The standard InChI is InChI=1S/C21H23N5S/c1-13-3-5-15(6-4-13)24-19-7-8-20-23-12-17(26(20)25-19)18-11-16-21(27-18)14(2)9-10-22-16/h7-13,15H,3-6H2,1-2H3,(H,24,25). The van der Waals surface area contributed by atoms with E-state index in [4.69, 9.17) is 5.10 Å². The van der Waals surface area contributed by atoms with Gasteiger partial charge in [-0.25, -0.2) is 9.50 Å². The van der Waals surface area contributed by atoms with Gasteiger partial charge in [-0.15, -0.1) is 16.4 Å². The summed E-state index contributed by atoms with van der Waals surface area (Å²) in [6.07, 6.45) is 8.81. The molecule has 0 radical (unpaired) electrons. The van der Waals surface area contributed by atoms with Crippen LogP contribution in [0.2, 0.25) is 0 Å². The number of hydrogen-bond acceptors (Lipinski definition) is 5. The second-order valence-corrected chi connectivity index (χ2v) is 8.74. The fourth-order valence-corrected chi connectivity index (χ4v) is 5.00. The van der Waals surface area contributed by atoms with Gasteiger partial charge in [-0.3, -0.25) is 4.98 Å². The highest BCUT2D eigenvalue weighted by molar-refractivity contribution is 7.22. The van der Waals surface area contributed by atoms with E-state index >= 15 is 0 Å². The zero-order valence-electron chi connectivity index (χ0n) is 15.6. The minimum Gasteiger partial charge on any atom is -0.366 e. The summed E-state index contributed by atoms with van der Waals surface area (Å²) in [5.41, 5.74) is 4.19. The molecule has 0 atom stereocenters. The van der Waals surface area contributed by atoms with E-state index in [2.05, 4.69) is 41.3 Å². The molecule has 0 amide bonds. The molecule has 4 aromatic heterocycles. The molecule has 1 N–H and O–H groups in total. The molecule has 4 heterocycles. The smallest absolute Gasteiger partial charge is 0.154 e. The third-order valence-electron chi connectivity index (χ3n) is 5.59. The Hall–Kier alpha value is -2.47. The van der Waals surface area contributed by atoms with Crippen molar-refractivity contribution < 1.29 is 0 Å². The summed E-state index contributed by atoms with van der Waals surface area (Å²) in [4.78, 5) is 10.2. The zero-order chi connectivity index (χ0) is 18.4. The lowest BCUT2D eigenvalue weighted by molar-refractivity contribution is 0.360. The van der Waals surface area contributed by atoms with Gasteiger partial charge in [-0.2, -0.15) is 0 Å². The van der Waals surface area contributed by atoms with E-state index in [1.165, 1.54) is 35.9 Å². The highest BCUT2D eigenvalue weighted by atomic mass is 32.1. The maximum absolute atomic E-state index is 4.85. The molecule has 0 bridgehead atoms. The highest BCUT2D eigenvalue weighted by Gasteiger charge is 2.19. The summed E-state index contributed by atoms with van der Waals surface area (Å²) in [5.74, 6) is 1.78. The maximum atomic E-state index is 4.85. The molecule has 5 nitrogen and oxygen atoms in total. The Labute approximate surface area is 162 Å². The van der Waals surface area contributed by atoms with Crippen LogP contribution < -0.4 is 5.32 Å². The molecular formula is C21H23N5S. The van der Waals surface area contributed by atoms with E-state index in [1.807, 2.05) is 29.0 Å². The molecule has 1 saturated carbocycles. The molecule has 1 aliphatic carbocycles. The van der Waals surface area contributed by atoms with Gasteiger partial charge < -0.3 is 5.32 Å². The van der Waals surface area contributed by atoms with Crippen LogP contribution in [0.1, 0.15) is 38.2 Å². The first kappa shape index (κ1) is 16.7. The van der Waals surface area contributed by atoms with Gasteiger partial charge in [0.1, 0.15) is 11.5 Å². The molecule has 0 spiro atoms. The molecule has 27 heavy (non-hydrogen) atoms. The van der Waals surface area contributed by atoms with Crippen LogP contribution in [0.3, 0.4) is 0 Å². The van der Waals surface area contributed by atoms with Crippen molar-refractivity contribution >= 4 is 33.0 Å². The lowest BCUT2D eigenvalue weighted by atomic mass is 9.87. The summed E-state index contributed by atoms with van der Waals surface area (Å²) in [6.45, 7) is 4.48. The Morgan fingerprint density at radius 2 is 1.96 bits per heavy atom. The van der Waals surface area contributed by atoms with Gasteiger partial charge in [0.2, 0.25) is 0 Å². The fourth-order valence-electron chi connectivity index (χ4n) is 3.92. The van der Waals surface area contributed by atoms with Gasteiger partial charge in [-0.1, -0.05) is 6.92 Å². The molecular weight excluding hydrogens is 354 g/mol. The average Bonchev–Trinajstić information content (AvgIpc) is 3.28. The topological polar surface area (TPSA) is 55.1 Å². The van der Waals surface area contributed by atoms with Gasteiger partial charge in [0.15, 0.2) is 5.65 Å². The number of rotatable bonds is 3. The van der Waals surface area contributed by atoms with Crippen LogP contribution in [-0.2, 0) is 0 Å². The summed E-state index contributed by atoms with van der Waals surface area (Å²) in [7, 11) is 0. The Bertz CT molecular complexity index is 1100. The molecule has 0 aromatic carbocycles. The van der Waals surface area contributed by atoms with Gasteiger partial charge in [-0.05, 0) is 68.4 Å². The van der Waals surface area contributed by atoms with Crippen LogP contribution in [0.5, 0.6) is 0 Å². The van der Waals surface area contributed by atoms with Crippen molar-refractivity contribution in [1.29, 1.82) is 0 Å². The van der Waals surface area contributed by atoms with Gasteiger partial charge in [0.25, 0.3) is 0 Å². The first-order chi connectivity index (χ1) is 13.2. The van der Waals surface area contributed by atoms with Crippen molar-refractivity contribution in [3.8, 4) is 10.6 Å². The number of fused-ring (bicyclic) bond motifs is 2. The first-order valence-electron chi connectivity index (χ1n) is 9.64. The van der Waals surface area contributed by atoms with Crippen LogP contribution in [0, 0.1) is 12.8 Å². The van der Waals surface area contributed by atoms with Gasteiger partial charge in [0.05, 0.1) is 21.3 Å². The van der Waals surface area contributed by atoms with Gasteiger partial charge in [0, 0.05) is 12.2 Å². The SMILES string of the molecule is Cc1ccnc2cc(-c3cnc4ccc(NC5CCC(C)CC5)nn34)sc12. The summed E-state index contributed by atoms with van der Waals surface area (Å²) >= 11 is 1.75. The number of imidazole rings is 1. The van der Waals surface area contributed by atoms with Crippen molar-refractivity contribution in [1.82, 2.24) is 19.6 Å². The molecule has 0 unspecified atom stereocenters. The van der Waals surface area contributed by atoms with Crippen LogP contribution in [0.25, 0.3) is 26.4 Å². The van der Waals surface area contributed by atoms with E-state index in [0.717, 1.165) is 33.5 Å². The lowest BCUT2D eigenvalue weighted by Gasteiger charge is -2.27. The molecule has 1 aliphatic rings. The minimum atomic E-state index is 0.522. The highest BCUT2D eigenvalue weighted by Crippen LogP contribution is 2.34. The van der Waals surface area contributed by atoms with Crippen LogP contribution in [0.15, 0.2) is 36.7 Å². The first-order valence-corrected chi connectivity index (χ1v) is 10.5. The predicted molar refractivity (Wildman–Crippen MR) is 111 cm³/mol. The Morgan fingerprint density at radius 1 is 1.11 bits per heavy atom.